The molecule has 0 unspecified atom stereocenters. The lowest BCUT2D eigenvalue weighted by atomic mass is 10.0. The van der Waals surface area contributed by atoms with Crippen LogP contribution in [-0.2, 0) is 6.54 Å². The molecule has 1 amide bonds. The zero-order valence-electron chi connectivity index (χ0n) is 28.1. The third-order valence-corrected chi connectivity index (χ3v) is 9.35. The van der Waals surface area contributed by atoms with Crippen molar-refractivity contribution in [3.05, 3.63) is 102 Å². The molecule has 0 aliphatic carbocycles. The molecule has 47 heavy (non-hydrogen) atoms. The quantitative estimate of drug-likeness (QED) is 0.157. The number of hydrogen-bond acceptors (Lipinski definition) is 6. The van der Waals surface area contributed by atoms with Gasteiger partial charge in [0.15, 0.2) is 0 Å². The first-order valence-corrected chi connectivity index (χ1v) is 16.3. The first kappa shape index (κ1) is 32.2. The standard InChI is InChI=1S/C39H45N5O3/c1-27-28(2)44(19-9-18-43-22-20-42(3)21-23-43)35-17-16-32(24-34(27)35)40-31-14-12-30(13-15-31)39(45)41-33-25-36(46-4)38(37(26-33)47-5)29-10-7-6-8-11-29/h6-8,10-17,24-26,40H,9,18-23H2,1-5H3,(H,41,45). The number of nitrogens with one attached hydrogen (secondary N) is 2. The van der Waals surface area contributed by atoms with Crippen LogP contribution in [0, 0.1) is 13.8 Å². The molecule has 1 saturated heterocycles. The number of ether oxygens (including phenoxy) is 2. The lowest BCUT2D eigenvalue weighted by Crippen LogP contribution is -2.44. The van der Waals surface area contributed by atoms with Gasteiger partial charge >= 0.3 is 0 Å². The van der Waals surface area contributed by atoms with Gasteiger partial charge in [-0.25, -0.2) is 0 Å². The van der Waals surface area contributed by atoms with E-state index in [1.165, 1.54) is 22.2 Å². The van der Waals surface area contributed by atoms with Crippen LogP contribution in [0.5, 0.6) is 11.5 Å². The molecule has 1 aliphatic heterocycles. The Labute approximate surface area is 277 Å². The summed E-state index contributed by atoms with van der Waals surface area (Å²) in [6.07, 6.45) is 1.15. The molecule has 2 N–H and O–H groups in total. The van der Waals surface area contributed by atoms with E-state index in [1.54, 1.807) is 14.2 Å². The summed E-state index contributed by atoms with van der Waals surface area (Å²) in [6, 6.07) is 27.7. The molecule has 6 rings (SSSR count). The maximum absolute atomic E-state index is 13.2. The predicted octanol–water partition coefficient (Wildman–Crippen LogP) is 7.58. The van der Waals surface area contributed by atoms with Crippen molar-refractivity contribution in [2.75, 3.05) is 64.6 Å². The van der Waals surface area contributed by atoms with Crippen molar-refractivity contribution in [3.8, 4) is 22.6 Å². The SMILES string of the molecule is COc1cc(NC(=O)c2ccc(Nc3ccc4c(c3)c(C)c(C)n4CCCN3CCN(C)CC3)cc2)cc(OC)c1-c1ccccc1. The van der Waals surface area contributed by atoms with Crippen LogP contribution in [0.25, 0.3) is 22.0 Å². The van der Waals surface area contributed by atoms with Crippen LogP contribution in [0.2, 0.25) is 0 Å². The number of amides is 1. The highest BCUT2D eigenvalue weighted by atomic mass is 16.5. The molecule has 0 atom stereocenters. The summed E-state index contributed by atoms with van der Waals surface area (Å²) in [5.74, 6) is 1.03. The molecular formula is C39H45N5O3. The van der Waals surface area contributed by atoms with E-state index in [9.17, 15) is 4.79 Å². The predicted molar refractivity (Wildman–Crippen MR) is 193 cm³/mol. The molecule has 1 aromatic heterocycles. The van der Waals surface area contributed by atoms with Crippen LogP contribution in [0.1, 0.15) is 28.0 Å². The molecular weight excluding hydrogens is 586 g/mol. The third-order valence-electron chi connectivity index (χ3n) is 9.35. The fourth-order valence-electron chi connectivity index (χ4n) is 6.49. The van der Waals surface area contributed by atoms with Gasteiger partial charge in [0.05, 0.1) is 19.8 Å². The van der Waals surface area contributed by atoms with E-state index < -0.39 is 0 Å². The molecule has 0 spiro atoms. The molecule has 0 saturated carbocycles. The first-order valence-electron chi connectivity index (χ1n) is 16.3. The lowest BCUT2D eigenvalue weighted by Gasteiger charge is -2.32. The van der Waals surface area contributed by atoms with Gasteiger partial charge in [-0.15, -0.1) is 0 Å². The molecule has 0 bridgehead atoms. The molecule has 5 aromatic rings. The molecule has 1 fully saturated rings. The average Bonchev–Trinajstić information content (AvgIpc) is 3.33. The summed E-state index contributed by atoms with van der Waals surface area (Å²) in [7, 11) is 5.44. The fraction of sp³-hybridized carbons (Fsp3) is 0.308. The number of carbonyl (C=O) groups excluding carboxylic acids is 1. The third kappa shape index (κ3) is 7.14. The number of likely N-dealkylation sites (N-methyl/N-ethyl adjacent to an activating group) is 1. The second-order valence-corrected chi connectivity index (χ2v) is 12.4. The highest BCUT2D eigenvalue weighted by Crippen LogP contribution is 2.41. The second kappa shape index (κ2) is 14.3. The summed E-state index contributed by atoms with van der Waals surface area (Å²) in [4.78, 5) is 18.2. The number of carbonyl (C=O) groups is 1. The minimum atomic E-state index is -0.213. The van der Waals surface area contributed by atoms with Gasteiger partial charge < -0.3 is 34.5 Å². The largest absolute Gasteiger partial charge is 0.496 e. The van der Waals surface area contributed by atoms with Crippen molar-refractivity contribution >= 4 is 33.9 Å². The van der Waals surface area contributed by atoms with Crippen molar-refractivity contribution in [3.63, 3.8) is 0 Å². The van der Waals surface area contributed by atoms with Crippen LogP contribution >= 0.6 is 0 Å². The van der Waals surface area contributed by atoms with E-state index in [-0.39, 0.29) is 5.91 Å². The maximum atomic E-state index is 13.2. The second-order valence-electron chi connectivity index (χ2n) is 12.4. The van der Waals surface area contributed by atoms with Crippen molar-refractivity contribution in [2.24, 2.45) is 0 Å². The number of piperazine rings is 1. The van der Waals surface area contributed by atoms with Crippen LogP contribution in [0.3, 0.4) is 0 Å². The minimum Gasteiger partial charge on any atom is -0.496 e. The summed E-state index contributed by atoms with van der Waals surface area (Å²) < 4.78 is 13.8. The van der Waals surface area contributed by atoms with Gasteiger partial charge in [0.2, 0.25) is 0 Å². The number of methoxy groups -OCH3 is 2. The molecule has 0 radical (unpaired) electrons. The highest BCUT2D eigenvalue weighted by molar-refractivity contribution is 6.05. The Balaban J connectivity index is 1.11. The van der Waals surface area contributed by atoms with Gasteiger partial charge in [0.1, 0.15) is 11.5 Å². The Morgan fingerprint density at radius 1 is 0.766 bits per heavy atom. The lowest BCUT2D eigenvalue weighted by molar-refractivity contribution is 0.102. The summed E-state index contributed by atoms with van der Waals surface area (Å²) in [6.45, 7) is 11.2. The van der Waals surface area contributed by atoms with Crippen LogP contribution in [0.15, 0.2) is 84.9 Å². The van der Waals surface area contributed by atoms with E-state index in [0.29, 0.717) is 22.7 Å². The zero-order valence-corrected chi connectivity index (χ0v) is 28.1. The summed E-state index contributed by atoms with van der Waals surface area (Å²) in [5.41, 5.74) is 8.82. The average molecular weight is 632 g/mol. The molecule has 244 valence electrons. The van der Waals surface area contributed by atoms with Gasteiger partial charge in [-0.1, -0.05) is 30.3 Å². The Morgan fingerprint density at radius 3 is 2.09 bits per heavy atom. The van der Waals surface area contributed by atoms with Gasteiger partial charge in [0.25, 0.3) is 5.91 Å². The summed E-state index contributed by atoms with van der Waals surface area (Å²) in [5, 5.41) is 7.79. The first-order chi connectivity index (χ1) is 22.8. The number of aryl methyl sites for hydroxylation is 2. The smallest absolute Gasteiger partial charge is 0.255 e. The molecule has 1 aliphatic rings. The number of hydrogen-bond donors (Lipinski definition) is 2. The Hall–Kier alpha value is -4.79. The topological polar surface area (TPSA) is 71.0 Å². The number of anilines is 3. The maximum Gasteiger partial charge on any atom is 0.255 e. The summed E-state index contributed by atoms with van der Waals surface area (Å²) >= 11 is 0. The van der Waals surface area contributed by atoms with Crippen LogP contribution in [-0.4, -0.2) is 74.3 Å². The number of benzene rings is 4. The fourth-order valence-corrected chi connectivity index (χ4v) is 6.49. The molecule has 2 heterocycles. The zero-order chi connectivity index (χ0) is 32.9. The van der Waals surface area contributed by atoms with Crippen LogP contribution < -0.4 is 20.1 Å². The number of fused-ring (bicyclic) bond motifs is 1. The van der Waals surface area contributed by atoms with Crippen molar-refractivity contribution in [1.29, 1.82) is 0 Å². The van der Waals surface area contributed by atoms with E-state index in [1.807, 2.05) is 66.7 Å². The van der Waals surface area contributed by atoms with E-state index in [0.717, 1.165) is 68.2 Å². The number of nitrogens with zero attached hydrogens (tertiary/aromatic N) is 3. The number of aromatic nitrogens is 1. The Bertz CT molecular complexity index is 1820. The Kier molecular flexibility index (Phi) is 9.80. The van der Waals surface area contributed by atoms with E-state index in [2.05, 4.69) is 64.1 Å². The molecule has 8 heteroatoms. The highest BCUT2D eigenvalue weighted by Gasteiger charge is 2.18. The van der Waals surface area contributed by atoms with Gasteiger partial charge in [0, 0.05) is 84.1 Å². The van der Waals surface area contributed by atoms with Crippen molar-refractivity contribution < 1.29 is 14.3 Å². The minimum absolute atomic E-state index is 0.213. The van der Waals surface area contributed by atoms with Crippen molar-refractivity contribution in [1.82, 2.24) is 14.4 Å². The van der Waals surface area contributed by atoms with Gasteiger partial charge in [-0.3, -0.25) is 4.79 Å². The number of rotatable bonds is 11. The normalized spacial score (nSPS) is 13.9. The Morgan fingerprint density at radius 2 is 1.43 bits per heavy atom. The van der Waals surface area contributed by atoms with E-state index >= 15 is 0 Å². The van der Waals surface area contributed by atoms with E-state index in [4.69, 9.17) is 9.47 Å². The van der Waals surface area contributed by atoms with Crippen LogP contribution in [0.4, 0.5) is 17.1 Å². The molecule has 4 aromatic carbocycles. The van der Waals surface area contributed by atoms with Gasteiger partial charge in [-0.2, -0.15) is 0 Å². The van der Waals surface area contributed by atoms with Crippen molar-refractivity contribution in [2.45, 2.75) is 26.8 Å². The molecule has 8 nitrogen and oxygen atoms in total. The van der Waals surface area contributed by atoms with Gasteiger partial charge in [-0.05, 0) is 87.5 Å². The monoisotopic (exact) mass is 631 g/mol.